The van der Waals surface area contributed by atoms with Gasteiger partial charge in [0.1, 0.15) is 12.4 Å². The zero-order valence-electron chi connectivity index (χ0n) is 16.7. The molecule has 4 aromatic carbocycles. The van der Waals surface area contributed by atoms with Crippen molar-refractivity contribution in [1.29, 1.82) is 0 Å². The van der Waals surface area contributed by atoms with Crippen LogP contribution in [0.15, 0.2) is 89.8 Å². The number of rotatable bonds is 5. The van der Waals surface area contributed by atoms with Gasteiger partial charge in [0.25, 0.3) is 11.1 Å². The first-order chi connectivity index (χ1) is 15.2. The fraction of sp³-hybridized carbons (Fsp3) is 0.0769. The van der Waals surface area contributed by atoms with Gasteiger partial charge in [-0.3, -0.25) is 14.5 Å². The van der Waals surface area contributed by atoms with Gasteiger partial charge in [-0.15, -0.1) is 0 Å². The largest absolute Gasteiger partial charge is 0.492 e. The quantitative estimate of drug-likeness (QED) is 0.286. The smallest absolute Gasteiger partial charge is 0.293 e. The normalized spacial score (nSPS) is 15.4. The van der Waals surface area contributed by atoms with Crippen molar-refractivity contribution in [2.75, 3.05) is 13.2 Å². The van der Waals surface area contributed by atoms with Gasteiger partial charge in [0, 0.05) is 0 Å². The average Bonchev–Trinajstić information content (AvgIpc) is 3.07. The lowest BCUT2D eigenvalue weighted by atomic mass is 9.96. The minimum Gasteiger partial charge on any atom is -0.492 e. The Hall–Kier alpha value is -3.57. The highest BCUT2D eigenvalue weighted by atomic mass is 32.2. The number of para-hydroxylation sites is 1. The Morgan fingerprint density at radius 2 is 1.42 bits per heavy atom. The van der Waals surface area contributed by atoms with Gasteiger partial charge in [0.15, 0.2) is 0 Å². The molecule has 1 aliphatic rings. The standard InChI is InChI=1S/C26H19NO3S/c28-25-24(31-26(29)27(25)14-15-30-20-10-2-1-3-11-20)17-23-21-12-6-4-8-18(21)16-19-9-5-7-13-22(19)23/h1-13,16-17H,14-15H2/b24-17-. The Morgan fingerprint density at radius 3 is 2.10 bits per heavy atom. The fourth-order valence-electron chi connectivity index (χ4n) is 3.80. The van der Waals surface area contributed by atoms with E-state index in [0.717, 1.165) is 38.9 Å². The van der Waals surface area contributed by atoms with Gasteiger partial charge in [-0.25, -0.2) is 0 Å². The summed E-state index contributed by atoms with van der Waals surface area (Å²) >= 11 is 0.983. The van der Waals surface area contributed by atoms with Gasteiger partial charge in [-0.2, -0.15) is 0 Å². The van der Waals surface area contributed by atoms with E-state index >= 15 is 0 Å². The molecular formula is C26H19NO3S. The molecule has 4 aromatic rings. The van der Waals surface area contributed by atoms with Crippen LogP contribution in [0, 0.1) is 0 Å². The predicted octanol–water partition coefficient (Wildman–Crippen LogP) is 6.11. The van der Waals surface area contributed by atoms with Crippen molar-refractivity contribution in [3.8, 4) is 5.75 Å². The molecule has 0 N–H and O–H groups in total. The number of hydrogen-bond acceptors (Lipinski definition) is 4. The summed E-state index contributed by atoms with van der Waals surface area (Å²) < 4.78 is 5.66. The summed E-state index contributed by atoms with van der Waals surface area (Å²) in [6.07, 6.45) is 1.85. The third-order valence-electron chi connectivity index (χ3n) is 5.29. The molecule has 0 saturated carbocycles. The van der Waals surface area contributed by atoms with Crippen LogP contribution in [0.5, 0.6) is 5.75 Å². The number of hydrogen-bond donors (Lipinski definition) is 0. The van der Waals surface area contributed by atoms with E-state index in [9.17, 15) is 9.59 Å². The molecule has 0 aromatic heterocycles. The first-order valence-corrected chi connectivity index (χ1v) is 10.9. The second-order valence-corrected chi connectivity index (χ2v) is 8.22. The zero-order chi connectivity index (χ0) is 21.2. The highest BCUT2D eigenvalue weighted by Gasteiger charge is 2.35. The Balaban J connectivity index is 1.45. The van der Waals surface area contributed by atoms with Crippen LogP contribution in [-0.2, 0) is 4.79 Å². The topological polar surface area (TPSA) is 46.6 Å². The number of benzene rings is 4. The first kappa shape index (κ1) is 19.4. The molecule has 0 atom stereocenters. The van der Waals surface area contributed by atoms with Gasteiger partial charge >= 0.3 is 0 Å². The highest BCUT2D eigenvalue weighted by molar-refractivity contribution is 8.18. The molecule has 0 spiro atoms. The molecule has 5 heteroatoms. The Bertz CT molecular complexity index is 1280. The van der Waals surface area contributed by atoms with Crippen molar-refractivity contribution >= 4 is 50.5 Å². The fourth-order valence-corrected chi connectivity index (χ4v) is 4.65. The Labute approximate surface area is 184 Å². The first-order valence-electron chi connectivity index (χ1n) is 10.0. The van der Waals surface area contributed by atoms with Gasteiger partial charge in [0.05, 0.1) is 11.4 Å². The second-order valence-electron chi connectivity index (χ2n) is 7.23. The van der Waals surface area contributed by atoms with E-state index in [1.54, 1.807) is 0 Å². The van der Waals surface area contributed by atoms with E-state index in [4.69, 9.17) is 4.74 Å². The summed E-state index contributed by atoms with van der Waals surface area (Å²) in [5, 5.41) is 4.05. The van der Waals surface area contributed by atoms with Crippen LogP contribution in [0.1, 0.15) is 5.56 Å². The van der Waals surface area contributed by atoms with E-state index in [2.05, 4.69) is 18.2 Å². The highest BCUT2D eigenvalue weighted by Crippen LogP contribution is 2.36. The number of imide groups is 1. The molecule has 1 fully saturated rings. The van der Waals surface area contributed by atoms with Crippen molar-refractivity contribution < 1.29 is 14.3 Å². The number of ether oxygens (including phenoxy) is 1. The van der Waals surface area contributed by atoms with Crippen LogP contribution in [-0.4, -0.2) is 29.2 Å². The van der Waals surface area contributed by atoms with Crippen molar-refractivity contribution in [2.45, 2.75) is 0 Å². The van der Waals surface area contributed by atoms with Crippen LogP contribution in [0.4, 0.5) is 4.79 Å². The van der Waals surface area contributed by atoms with E-state index in [0.29, 0.717) is 10.7 Å². The summed E-state index contributed by atoms with van der Waals surface area (Å²) in [5.74, 6) is 0.441. The summed E-state index contributed by atoms with van der Waals surface area (Å²) in [6.45, 7) is 0.472. The molecule has 5 rings (SSSR count). The van der Waals surface area contributed by atoms with Gasteiger partial charge in [-0.1, -0.05) is 66.7 Å². The van der Waals surface area contributed by atoms with Crippen molar-refractivity contribution in [3.63, 3.8) is 0 Å². The number of thioether (sulfide) groups is 1. The van der Waals surface area contributed by atoms with E-state index < -0.39 is 0 Å². The van der Waals surface area contributed by atoms with Crippen LogP contribution < -0.4 is 4.74 Å². The molecule has 1 saturated heterocycles. The molecule has 1 heterocycles. The maximum Gasteiger partial charge on any atom is 0.293 e. The minimum absolute atomic E-state index is 0.215. The predicted molar refractivity (Wildman–Crippen MR) is 126 cm³/mol. The SMILES string of the molecule is O=C1S/C(=C\c2c3ccccc3cc3ccccc23)C(=O)N1CCOc1ccccc1. The second kappa shape index (κ2) is 8.28. The lowest BCUT2D eigenvalue weighted by Gasteiger charge is -2.13. The summed E-state index contributed by atoms with van der Waals surface area (Å²) in [4.78, 5) is 27.2. The Morgan fingerprint density at radius 1 is 0.806 bits per heavy atom. The number of nitrogens with zero attached hydrogens (tertiary/aromatic N) is 1. The molecule has 0 radical (unpaired) electrons. The zero-order valence-corrected chi connectivity index (χ0v) is 17.5. The van der Waals surface area contributed by atoms with Crippen LogP contribution >= 0.6 is 11.8 Å². The molecule has 4 nitrogen and oxygen atoms in total. The lowest BCUT2D eigenvalue weighted by molar-refractivity contribution is -0.123. The van der Waals surface area contributed by atoms with E-state index in [1.165, 1.54) is 4.90 Å². The molecular weight excluding hydrogens is 406 g/mol. The van der Waals surface area contributed by atoms with Crippen LogP contribution in [0.25, 0.3) is 27.6 Å². The monoisotopic (exact) mass is 425 g/mol. The third kappa shape index (κ3) is 3.80. The van der Waals surface area contributed by atoms with Gasteiger partial charge in [0.2, 0.25) is 0 Å². The summed E-state index contributed by atoms with van der Waals surface area (Å²) in [5.41, 5.74) is 0.958. The number of amides is 2. The molecule has 0 bridgehead atoms. The average molecular weight is 426 g/mol. The number of fused-ring (bicyclic) bond motifs is 2. The van der Waals surface area contributed by atoms with E-state index in [1.807, 2.05) is 72.8 Å². The van der Waals surface area contributed by atoms with E-state index in [-0.39, 0.29) is 24.3 Å². The van der Waals surface area contributed by atoms with Crippen molar-refractivity contribution in [1.82, 2.24) is 4.90 Å². The summed E-state index contributed by atoms with van der Waals surface area (Å²) in [7, 11) is 0. The molecule has 31 heavy (non-hydrogen) atoms. The van der Waals surface area contributed by atoms with Gasteiger partial charge < -0.3 is 4.74 Å². The summed E-state index contributed by atoms with van der Waals surface area (Å²) in [6, 6.07) is 27.7. The minimum atomic E-state index is -0.274. The maximum absolute atomic E-state index is 13.0. The lowest BCUT2D eigenvalue weighted by Crippen LogP contribution is -2.32. The number of carbonyl (C=O) groups excluding carboxylic acids is 2. The Kier molecular flexibility index (Phi) is 5.18. The molecule has 2 amide bonds. The number of carbonyl (C=O) groups is 2. The van der Waals surface area contributed by atoms with Gasteiger partial charge in [-0.05, 0) is 63.1 Å². The maximum atomic E-state index is 13.0. The molecule has 152 valence electrons. The van der Waals surface area contributed by atoms with Crippen molar-refractivity contribution in [2.24, 2.45) is 0 Å². The molecule has 0 unspecified atom stereocenters. The van der Waals surface area contributed by atoms with Crippen LogP contribution in [0.3, 0.4) is 0 Å². The molecule has 1 aliphatic heterocycles. The van der Waals surface area contributed by atoms with Crippen LogP contribution in [0.2, 0.25) is 0 Å². The third-order valence-corrected chi connectivity index (χ3v) is 6.20. The van der Waals surface area contributed by atoms with Crippen molar-refractivity contribution in [3.05, 3.63) is 95.4 Å². The molecule has 0 aliphatic carbocycles.